The molecule has 0 saturated carbocycles. The molecular formula is C25H30N2O4. The van der Waals surface area contributed by atoms with Gasteiger partial charge in [-0.05, 0) is 38.1 Å². The number of Topliss-reactive ketones (excluding diaryl/α,β-unsaturated/α-hetero) is 1. The molecule has 4 rings (SSSR count). The molecule has 2 heterocycles. The van der Waals surface area contributed by atoms with E-state index in [-0.39, 0.29) is 11.6 Å². The molecule has 2 saturated heterocycles. The standard InChI is InChI=1S/C25H30N2O4/c1-25(2,27-13-17-31-18-14-27)24(29)21-5-3-19(4-6-21)23(28)20-7-9-22(10-8-20)26-11-15-30-16-12-26/h3-10H,11-18H2,1-2H3. The maximum atomic E-state index is 13.1. The molecule has 2 fully saturated rings. The molecule has 2 aliphatic rings. The zero-order chi connectivity index (χ0) is 21.8. The highest BCUT2D eigenvalue weighted by Crippen LogP contribution is 2.23. The third-order valence-corrected chi connectivity index (χ3v) is 6.27. The molecule has 0 N–H and O–H groups in total. The van der Waals surface area contributed by atoms with Gasteiger partial charge in [-0.3, -0.25) is 14.5 Å². The minimum absolute atomic E-state index is 0.0417. The van der Waals surface area contributed by atoms with Crippen molar-refractivity contribution in [1.29, 1.82) is 0 Å². The fraction of sp³-hybridized carbons (Fsp3) is 0.440. The van der Waals surface area contributed by atoms with Crippen LogP contribution in [0.15, 0.2) is 48.5 Å². The van der Waals surface area contributed by atoms with Crippen LogP contribution >= 0.6 is 0 Å². The van der Waals surface area contributed by atoms with Crippen molar-refractivity contribution in [3.63, 3.8) is 0 Å². The fourth-order valence-electron chi connectivity index (χ4n) is 4.20. The van der Waals surface area contributed by atoms with Crippen LogP contribution in [0.3, 0.4) is 0 Å². The van der Waals surface area contributed by atoms with Crippen LogP contribution < -0.4 is 4.90 Å². The molecule has 0 aromatic heterocycles. The van der Waals surface area contributed by atoms with Gasteiger partial charge in [-0.2, -0.15) is 0 Å². The molecule has 164 valence electrons. The molecule has 0 bridgehead atoms. The lowest BCUT2D eigenvalue weighted by Gasteiger charge is -2.39. The maximum absolute atomic E-state index is 13.1. The van der Waals surface area contributed by atoms with Crippen molar-refractivity contribution in [2.45, 2.75) is 19.4 Å². The van der Waals surface area contributed by atoms with Crippen molar-refractivity contribution >= 4 is 17.3 Å². The van der Waals surface area contributed by atoms with Crippen molar-refractivity contribution in [2.75, 3.05) is 57.5 Å². The number of hydrogen-bond donors (Lipinski definition) is 0. The van der Waals surface area contributed by atoms with Crippen molar-refractivity contribution in [3.05, 3.63) is 65.2 Å². The summed E-state index contributed by atoms with van der Waals surface area (Å²) in [4.78, 5) is 30.5. The zero-order valence-electron chi connectivity index (χ0n) is 18.3. The molecule has 0 amide bonds. The predicted molar refractivity (Wildman–Crippen MR) is 120 cm³/mol. The first-order valence-corrected chi connectivity index (χ1v) is 10.9. The van der Waals surface area contributed by atoms with Crippen LogP contribution in [0, 0.1) is 0 Å². The fourth-order valence-corrected chi connectivity index (χ4v) is 4.20. The third-order valence-electron chi connectivity index (χ3n) is 6.27. The summed E-state index contributed by atoms with van der Waals surface area (Å²) in [5.41, 5.74) is 2.34. The van der Waals surface area contributed by atoms with Gasteiger partial charge in [0.25, 0.3) is 0 Å². The monoisotopic (exact) mass is 422 g/mol. The Hall–Kier alpha value is -2.54. The Labute approximate surface area is 183 Å². The van der Waals surface area contributed by atoms with Gasteiger partial charge in [0.15, 0.2) is 11.6 Å². The SMILES string of the molecule is CC(C)(C(=O)c1ccc(C(=O)c2ccc(N3CCOCC3)cc2)cc1)N1CCOCC1. The Morgan fingerprint density at radius 1 is 0.710 bits per heavy atom. The molecule has 2 aliphatic heterocycles. The summed E-state index contributed by atoms with van der Waals surface area (Å²) >= 11 is 0. The summed E-state index contributed by atoms with van der Waals surface area (Å²) < 4.78 is 10.8. The Morgan fingerprint density at radius 3 is 1.71 bits per heavy atom. The van der Waals surface area contributed by atoms with Gasteiger partial charge < -0.3 is 14.4 Å². The molecule has 0 atom stereocenters. The summed E-state index contributed by atoms with van der Waals surface area (Å²) in [6.45, 7) is 9.88. The summed E-state index contributed by atoms with van der Waals surface area (Å²) in [6, 6.07) is 14.7. The van der Waals surface area contributed by atoms with Gasteiger partial charge in [0.1, 0.15) is 0 Å². The van der Waals surface area contributed by atoms with Crippen LogP contribution in [0.4, 0.5) is 5.69 Å². The van der Waals surface area contributed by atoms with Crippen molar-refractivity contribution in [2.24, 2.45) is 0 Å². The second-order valence-electron chi connectivity index (χ2n) is 8.54. The summed E-state index contributed by atoms with van der Waals surface area (Å²) in [6.07, 6.45) is 0. The number of nitrogens with zero attached hydrogens (tertiary/aromatic N) is 2. The highest BCUT2D eigenvalue weighted by atomic mass is 16.5. The number of hydrogen-bond acceptors (Lipinski definition) is 6. The number of morpholine rings is 2. The average Bonchev–Trinajstić information content (AvgIpc) is 2.84. The minimum Gasteiger partial charge on any atom is -0.379 e. The zero-order valence-corrected chi connectivity index (χ0v) is 18.3. The Morgan fingerprint density at radius 2 is 1.16 bits per heavy atom. The van der Waals surface area contributed by atoms with Gasteiger partial charge >= 0.3 is 0 Å². The smallest absolute Gasteiger partial charge is 0.193 e. The van der Waals surface area contributed by atoms with E-state index in [1.165, 1.54) is 0 Å². The van der Waals surface area contributed by atoms with E-state index in [2.05, 4.69) is 9.80 Å². The average molecular weight is 423 g/mol. The molecule has 2 aromatic carbocycles. The van der Waals surface area contributed by atoms with E-state index in [9.17, 15) is 9.59 Å². The lowest BCUT2D eigenvalue weighted by Crippen LogP contribution is -2.54. The van der Waals surface area contributed by atoms with Gasteiger partial charge in [-0.25, -0.2) is 0 Å². The Kier molecular flexibility index (Phi) is 6.51. The topological polar surface area (TPSA) is 59.1 Å². The summed E-state index contributed by atoms with van der Waals surface area (Å²) in [5.74, 6) is 0.0169. The first kappa shape index (κ1) is 21.7. The van der Waals surface area contributed by atoms with Crippen LogP contribution in [0.1, 0.15) is 40.1 Å². The van der Waals surface area contributed by atoms with E-state index in [0.717, 1.165) is 45.1 Å². The third kappa shape index (κ3) is 4.71. The lowest BCUT2D eigenvalue weighted by atomic mass is 9.90. The molecule has 0 aliphatic carbocycles. The van der Waals surface area contributed by atoms with Crippen molar-refractivity contribution in [3.8, 4) is 0 Å². The molecule has 6 nitrogen and oxygen atoms in total. The second-order valence-corrected chi connectivity index (χ2v) is 8.54. The predicted octanol–water partition coefficient (Wildman–Crippen LogP) is 3.05. The largest absolute Gasteiger partial charge is 0.379 e. The van der Waals surface area contributed by atoms with Gasteiger partial charge in [0.05, 0.1) is 32.0 Å². The number of ketones is 2. The quantitative estimate of drug-likeness (QED) is 0.667. The first-order chi connectivity index (χ1) is 15.0. The number of carbonyl (C=O) groups excluding carboxylic acids is 2. The molecule has 0 spiro atoms. The lowest BCUT2D eigenvalue weighted by molar-refractivity contribution is -0.00430. The van der Waals surface area contributed by atoms with Crippen molar-refractivity contribution in [1.82, 2.24) is 4.90 Å². The van der Waals surface area contributed by atoms with Crippen LogP contribution in [0.25, 0.3) is 0 Å². The summed E-state index contributed by atoms with van der Waals surface area (Å²) in [5, 5.41) is 0. The van der Waals surface area contributed by atoms with E-state index in [1.807, 2.05) is 38.1 Å². The Bertz CT molecular complexity index is 910. The number of ether oxygens (including phenoxy) is 2. The van der Waals surface area contributed by atoms with Gasteiger partial charge in [0, 0.05) is 48.6 Å². The summed E-state index contributed by atoms with van der Waals surface area (Å²) in [7, 11) is 0. The highest BCUT2D eigenvalue weighted by Gasteiger charge is 2.35. The van der Waals surface area contributed by atoms with Crippen LogP contribution in [-0.4, -0.2) is 74.6 Å². The molecular weight excluding hydrogens is 392 g/mol. The van der Waals surface area contributed by atoms with E-state index in [1.54, 1.807) is 24.3 Å². The number of carbonyl (C=O) groups is 2. The van der Waals surface area contributed by atoms with E-state index in [0.29, 0.717) is 29.9 Å². The van der Waals surface area contributed by atoms with E-state index < -0.39 is 5.54 Å². The number of benzene rings is 2. The molecule has 6 heteroatoms. The van der Waals surface area contributed by atoms with Gasteiger partial charge in [0.2, 0.25) is 0 Å². The van der Waals surface area contributed by atoms with Crippen LogP contribution in [-0.2, 0) is 9.47 Å². The maximum Gasteiger partial charge on any atom is 0.193 e. The molecule has 31 heavy (non-hydrogen) atoms. The highest BCUT2D eigenvalue weighted by molar-refractivity contribution is 6.10. The first-order valence-electron chi connectivity index (χ1n) is 10.9. The Balaban J connectivity index is 1.44. The van der Waals surface area contributed by atoms with E-state index in [4.69, 9.17) is 9.47 Å². The minimum atomic E-state index is -0.607. The van der Waals surface area contributed by atoms with Crippen LogP contribution in [0.2, 0.25) is 0 Å². The molecule has 0 unspecified atom stereocenters. The normalized spacial score (nSPS) is 18.1. The molecule has 2 aromatic rings. The number of rotatable bonds is 6. The molecule has 0 radical (unpaired) electrons. The van der Waals surface area contributed by atoms with Crippen molar-refractivity contribution < 1.29 is 19.1 Å². The van der Waals surface area contributed by atoms with Crippen LogP contribution in [0.5, 0.6) is 0 Å². The number of anilines is 1. The van der Waals surface area contributed by atoms with Gasteiger partial charge in [-0.15, -0.1) is 0 Å². The second kappa shape index (κ2) is 9.30. The van der Waals surface area contributed by atoms with E-state index >= 15 is 0 Å². The van der Waals surface area contributed by atoms with Gasteiger partial charge in [-0.1, -0.05) is 24.3 Å².